The average Bonchev–Trinajstić information content (AvgIpc) is 3.82. The zero-order chi connectivity index (χ0) is 39.5. The molecule has 0 unspecified atom stereocenters. The Kier molecular flexibility index (Phi) is 8.16. The van der Waals surface area contributed by atoms with Gasteiger partial charge in [-0.1, -0.05) is 196 Å². The van der Waals surface area contributed by atoms with Gasteiger partial charge in [-0.3, -0.25) is 0 Å². The molecule has 0 bridgehead atoms. The number of aromatic nitrogens is 2. The Morgan fingerprint density at radius 3 is 1.71 bits per heavy atom. The average molecular weight is 756 g/mol. The fourth-order valence-electron chi connectivity index (χ4n) is 9.41. The number of para-hydroxylation sites is 1. The van der Waals surface area contributed by atoms with E-state index in [2.05, 4.69) is 236 Å². The number of rotatable bonds is 7. The summed E-state index contributed by atoms with van der Waals surface area (Å²) in [6, 6.07) is 76.7. The molecule has 0 spiro atoms. The van der Waals surface area contributed by atoms with Gasteiger partial charge in [0.1, 0.15) is 5.69 Å². The van der Waals surface area contributed by atoms with Crippen molar-refractivity contribution < 1.29 is 0 Å². The number of hydrogen-bond donors (Lipinski definition) is 0. The molecule has 0 atom stereocenters. The number of benzene rings is 8. The van der Waals surface area contributed by atoms with E-state index in [1.54, 1.807) is 0 Å². The largest absolute Gasteiger partial charge is 0.309 e. The molecule has 8 aromatic carbocycles. The van der Waals surface area contributed by atoms with Crippen LogP contribution in [0.25, 0.3) is 72.2 Å². The summed E-state index contributed by atoms with van der Waals surface area (Å²) < 4.78 is 2.19. The normalized spacial score (nSPS) is 12.7. The van der Waals surface area contributed by atoms with Crippen molar-refractivity contribution >= 4 is 33.4 Å². The van der Waals surface area contributed by atoms with Crippen LogP contribution in [-0.2, 0) is 5.41 Å². The summed E-state index contributed by atoms with van der Waals surface area (Å²) in [6.07, 6.45) is 0. The molecule has 10 aromatic rings. The lowest BCUT2D eigenvalue weighted by Gasteiger charge is -2.31. The van der Waals surface area contributed by atoms with Crippen molar-refractivity contribution in [3.05, 3.63) is 223 Å². The van der Waals surface area contributed by atoms with Crippen LogP contribution >= 0.6 is 0 Å². The number of anilines is 3. The molecule has 0 amide bonds. The van der Waals surface area contributed by atoms with Gasteiger partial charge >= 0.3 is 0 Å². The van der Waals surface area contributed by atoms with Crippen LogP contribution in [0.3, 0.4) is 0 Å². The molecule has 0 fully saturated rings. The van der Waals surface area contributed by atoms with Crippen molar-refractivity contribution in [2.75, 3.05) is 4.90 Å². The molecule has 280 valence electrons. The zero-order valence-corrected chi connectivity index (χ0v) is 33.0. The minimum atomic E-state index is -0.147. The molecule has 0 saturated carbocycles. The molecule has 0 saturated heterocycles. The third-order valence-electron chi connectivity index (χ3n) is 12.2. The first-order valence-corrected chi connectivity index (χ1v) is 20.4. The standard InChI is InChI=1S/C56H41N3/c1-56(2)47-30-17-15-29-45(47)53-48(56)31-19-33-50(53)58(49-32-18-16-28-44(49)38-20-7-3-8-21-38)43-35-34-42-36-51(39-22-9-4-10-23-39)59-55(46(42)37-43)52(40-24-11-5-12-25-40)54(57-59)41-26-13-6-14-27-41/h3-37H,1-2H3. The van der Waals surface area contributed by atoms with Gasteiger partial charge in [-0.05, 0) is 63.5 Å². The third-order valence-corrected chi connectivity index (χ3v) is 12.2. The highest BCUT2D eigenvalue weighted by molar-refractivity contribution is 6.10. The monoisotopic (exact) mass is 755 g/mol. The highest BCUT2D eigenvalue weighted by Crippen LogP contribution is 2.55. The molecular weight excluding hydrogens is 715 g/mol. The van der Waals surface area contributed by atoms with E-state index < -0.39 is 0 Å². The molecular formula is C56H41N3. The van der Waals surface area contributed by atoms with E-state index in [9.17, 15) is 0 Å². The number of nitrogens with zero attached hydrogens (tertiary/aromatic N) is 3. The maximum atomic E-state index is 5.52. The van der Waals surface area contributed by atoms with Gasteiger partial charge in [-0.25, -0.2) is 4.52 Å². The lowest BCUT2D eigenvalue weighted by atomic mass is 9.82. The smallest absolute Gasteiger partial charge is 0.101 e. The zero-order valence-electron chi connectivity index (χ0n) is 33.0. The lowest BCUT2D eigenvalue weighted by Crippen LogP contribution is -2.16. The van der Waals surface area contributed by atoms with Crippen molar-refractivity contribution in [2.45, 2.75) is 19.3 Å². The number of hydrogen-bond acceptors (Lipinski definition) is 2. The molecule has 1 aliphatic carbocycles. The molecule has 0 aliphatic heterocycles. The van der Waals surface area contributed by atoms with Crippen LogP contribution in [0.1, 0.15) is 25.0 Å². The van der Waals surface area contributed by atoms with Crippen LogP contribution in [0, 0.1) is 0 Å². The Labute approximate surface area is 345 Å². The minimum Gasteiger partial charge on any atom is -0.309 e. The summed E-state index contributed by atoms with van der Waals surface area (Å²) in [7, 11) is 0. The van der Waals surface area contributed by atoms with E-state index in [1.807, 2.05) is 0 Å². The summed E-state index contributed by atoms with van der Waals surface area (Å²) in [5.41, 5.74) is 18.3. The van der Waals surface area contributed by atoms with E-state index in [4.69, 9.17) is 5.10 Å². The van der Waals surface area contributed by atoms with Crippen LogP contribution in [-0.4, -0.2) is 9.61 Å². The van der Waals surface area contributed by atoms with Crippen molar-refractivity contribution in [3.63, 3.8) is 0 Å². The first-order chi connectivity index (χ1) is 29.1. The predicted molar refractivity (Wildman–Crippen MR) is 247 cm³/mol. The van der Waals surface area contributed by atoms with Crippen molar-refractivity contribution in [3.8, 4) is 55.9 Å². The Balaban J connectivity index is 1.26. The second-order valence-corrected chi connectivity index (χ2v) is 16.0. The maximum absolute atomic E-state index is 5.52. The van der Waals surface area contributed by atoms with Crippen molar-refractivity contribution in [2.24, 2.45) is 0 Å². The Bertz CT molecular complexity index is 3170. The molecule has 0 radical (unpaired) electrons. The van der Waals surface area contributed by atoms with E-state index in [-0.39, 0.29) is 5.41 Å². The highest BCUT2D eigenvalue weighted by Gasteiger charge is 2.38. The maximum Gasteiger partial charge on any atom is 0.101 e. The molecule has 1 aliphatic rings. The molecule has 3 heteroatoms. The van der Waals surface area contributed by atoms with Crippen LogP contribution < -0.4 is 4.90 Å². The van der Waals surface area contributed by atoms with Crippen LogP contribution in [0.15, 0.2) is 212 Å². The second kappa shape index (κ2) is 13.9. The fourth-order valence-corrected chi connectivity index (χ4v) is 9.41. The van der Waals surface area contributed by atoms with Crippen molar-refractivity contribution in [1.29, 1.82) is 0 Å². The van der Waals surface area contributed by atoms with Gasteiger partial charge in [0.05, 0.1) is 22.6 Å². The topological polar surface area (TPSA) is 20.5 Å². The first kappa shape index (κ1) is 34.7. The van der Waals surface area contributed by atoms with Crippen molar-refractivity contribution in [1.82, 2.24) is 9.61 Å². The second-order valence-electron chi connectivity index (χ2n) is 16.0. The van der Waals surface area contributed by atoms with Crippen LogP contribution in [0.5, 0.6) is 0 Å². The SMILES string of the molecule is CC1(C)c2ccccc2-c2c(N(c3ccc4cc(-c5ccccc5)n5nc(-c6ccccc6)c(-c6ccccc6)c5c4c3)c3ccccc3-c3ccccc3)cccc21. The van der Waals surface area contributed by atoms with Gasteiger partial charge in [0.25, 0.3) is 0 Å². The quantitative estimate of drug-likeness (QED) is 0.161. The van der Waals surface area contributed by atoms with Gasteiger partial charge in [-0.2, -0.15) is 5.10 Å². The van der Waals surface area contributed by atoms with E-state index in [0.29, 0.717) is 0 Å². The van der Waals surface area contributed by atoms with E-state index in [0.717, 1.165) is 67.0 Å². The summed E-state index contributed by atoms with van der Waals surface area (Å²) in [5, 5.41) is 7.80. The van der Waals surface area contributed by atoms with Gasteiger partial charge in [-0.15, -0.1) is 0 Å². The lowest BCUT2D eigenvalue weighted by molar-refractivity contribution is 0.660. The Morgan fingerprint density at radius 2 is 1.00 bits per heavy atom. The number of fused-ring (bicyclic) bond motifs is 6. The van der Waals surface area contributed by atoms with Gasteiger partial charge in [0, 0.05) is 44.3 Å². The predicted octanol–water partition coefficient (Wildman–Crippen LogP) is 14.9. The van der Waals surface area contributed by atoms with Crippen LogP contribution in [0.2, 0.25) is 0 Å². The number of pyridine rings is 1. The molecule has 3 nitrogen and oxygen atoms in total. The summed E-state index contributed by atoms with van der Waals surface area (Å²) in [4.78, 5) is 2.50. The van der Waals surface area contributed by atoms with Gasteiger partial charge in [0.2, 0.25) is 0 Å². The molecule has 0 N–H and O–H groups in total. The molecule has 2 aromatic heterocycles. The van der Waals surface area contributed by atoms with Crippen LogP contribution in [0.4, 0.5) is 17.1 Å². The fraction of sp³-hybridized carbons (Fsp3) is 0.0536. The Morgan fingerprint density at radius 1 is 0.441 bits per heavy atom. The summed E-state index contributed by atoms with van der Waals surface area (Å²) >= 11 is 0. The van der Waals surface area contributed by atoms with E-state index in [1.165, 1.54) is 33.4 Å². The minimum absolute atomic E-state index is 0.147. The molecule has 59 heavy (non-hydrogen) atoms. The molecule has 11 rings (SSSR count). The summed E-state index contributed by atoms with van der Waals surface area (Å²) in [6.45, 7) is 4.71. The van der Waals surface area contributed by atoms with Gasteiger partial charge < -0.3 is 4.90 Å². The first-order valence-electron chi connectivity index (χ1n) is 20.4. The molecule has 2 heterocycles. The highest BCUT2D eigenvalue weighted by atomic mass is 15.2. The van der Waals surface area contributed by atoms with Gasteiger partial charge in [0.15, 0.2) is 0 Å². The Hall–Kier alpha value is -7.49. The van der Waals surface area contributed by atoms with E-state index >= 15 is 0 Å². The summed E-state index contributed by atoms with van der Waals surface area (Å²) in [5.74, 6) is 0. The third kappa shape index (κ3) is 5.61.